The molecule has 1 spiro atoms. The molecule has 0 unspecified atom stereocenters. The number of anilines is 3. The summed E-state index contributed by atoms with van der Waals surface area (Å²) >= 11 is 0. The minimum atomic E-state index is 0.0776. The van der Waals surface area contributed by atoms with Gasteiger partial charge in [0.15, 0.2) is 0 Å². The summed E-state index contributed by atoms with van der Waals surface area (Å²) in [7, 11) is 0. The third kappa shape index (κ3) is 5.68. The summed E-state index contributed by atoms with van der Waals surface area (Å²) in [6.07, 6.45) is 6.93. The van der Waals surface area contributed by atoms with Crippen molar-refractivity contribution in [2.75, 3.05) is 4.90 Å². The molecule has 0 radical (unpaired) electrons. The van der Waals surface area contributed by atoms with E-state index in [1.165, 1.54) is 110 Å². The van der Waals surface area contributed by atoms with E-state index in [0.29, 0.717) is 11.8 Å². The molecule has 0 aliphatic heterocycles. The van der Waals surface area contributed by atoms with E-state index in [1.54, 1.807) is 11.1 Å². The summed E-state index contributed by atoms with van der Waals surface area (Å²) in [4.78, 5) is 2.60. The molecule has 0 amide bonds. The molecule has 5 aliphatic carbocycles. The van der Waals surface area contributed by atoms with Gasteiger partial charge in [-0.1, -0.05) is 182 Å². The lowest BCUT2D eigenvalue weighted by atomic mass is 9.43. The Balaban J connectivity index is 1.03. The van der Waals surface area contributed by atoms with Crippen LogP contribution in [0.2, 0.25) is 0 Å². The van der Waals surface area contributed by atoms with Gasteiger partial charge in [0.1, 0.15) is 0 Å². The van der Waals surface area contributed by atoms with Gasteiger partial charge in [-0.3, -0.25) is 0 Å². The molecule has 1 nitrogen and oxygen atoms in total. The number of para-hydroxylation sites is 1. The molecular formula is C62H49N. The smallest absolute Gasteiger partial charge is 0.0543 e. The molecule has 9 aromatic rings. The Morgan fingerprint density at radius 3 is 1.59 bits per heavy atom. The summed E-state index contributed by atoms with van der Waals surface area (Å²) < 4.78 is 0. The monoisotopic (exact) mass is 807 g/mol. The molecule has 14 rings (SSSR count). The van der Waals surface area contributed by atoms with Crippen LogP contribution in [0, 0.1) is 23.7 Å². The zero-order valence-corrected chi connectivity index (χ0v) is 35.5. The highest BCUT2D eigenvalue weighted by molar-refractivity contribution is 6.01. The molecule has 4 bridgehead atoms. The van der Waals surface area contributed by atoms with Crippen LogP contribution in [0.25, 0.3) is 66.4 Å². The van der Waals surface area contributed by atoms with Crippen LogP contribution in [0.3, 0.4) is 0 Å². The predicted molar refractivity (Wildman–Crippen MR) is 264 cm³/mol. The van der Waals surface area contributed by atoms with Crippen LogP contribution in [-0.2, 0) is 5.41 Å². The lowest BCUT2D eigenvalue weighted by molar-refractivity contribution is -0.0399. The van der Waals surface area contributed by atoms with E-state index >= 15 is 0 Å². The van der Waals surface area contributed by atoms with Crippen LogP contribution in [-0.4, -0.2) is 0 Å². The second-order valence-electron chi connectivity index (χ2n) is 18.8. The highest BCUT2D eigenvalue weighted by atomic mass is 15.1. The lowest BCUT2D eigenvalue weighted by Crippen LogP contribution is -2.55. The van der Waals surface area contributed by atoms with E-state index < -0.39 is 0 Å². The molecule has 0 atom stereocenters. The molecule has 9 aromatic carbocycles. The Morgan fingerprint density at radius 1 is 0.333 bits per heavy atom. The number of fused-ring (bicyclic) bond motifs is 4. The summed E-state index contributed by atoms with van der Waals surface area (Å²) in [5.41, 5.74) is 19.5. The van der Waals surface area contributed by atoms with Crippen LogP contribution in [0.15, 0.2) is 212 Å². The average Bonchev–Trinajstić information content (AvgIpc) is 3.65. The van der Waals surface area contributed by atoms with Crippen molar-refractivity contribution in [1.29, 1.82) is 0 Å². The minimum absolute atomic E-state index is 0.0776. The number of hydrogen-bond acceptors (Lipinski definition) is 1. The molecule has 4 saturated carbocycles. The van der Waals surface area contributed by atoms with Crippen LogP contribution in [0.4, 0.5) is 17.1 Å². The second kappa shape index (κ2) is 14.6. The van der Waals surface area contributed by atoms with Gasteiger partial charge in [-0.05, 0) is 153 Å². The van der Waals surface area contributed by atoms with Crippen molar-refractivity contribution in [3.05, 3.63) is 223 Å². The molecular weight excluding hydrogens is 759 g/mol. The average molecular weight is 808 g/mol. The molecule has 302 valence electrons. The van der Waals surface area contributed by atoms with Crippen LogP contribution in [0.1, 0.15) is 43.2 Å². The van der Waals surface area contributed by atoms with Crippen molar-refractivity contribution in [3.8, 4) is 55.6 Å². The van der Waals surface area contributed by atoms with Crippen molar-refractivity contribution < 1.29 is 0 Å². The standard InChI is InChI=1S/C62H49N/c1-2-16-45(17-3-1)51-19-6-7-20-52(51)53-21-8-9-22-54(53)55-23-11-13-27-59(55)63(50-33-31-44(32-34-50)47-30-29-43-15-4-5-18-46(43)40-47)60-28-14-26-58-61(60)56-24-10-12-25-57(56)62(58)48-36-41-35-42(38-48)39-49(62)37-41/h1-34,40-42,48-49H,35-39H2. The molecule has 4 fully saturated rings. The summed E-state index contributed by atoms with van der Waals surface area (Å²) in [5, 5.41) is 2.53. The van der Waals surface area contributed by atoms with Gasteiger partial charge in [-0.15, -0.1) is 0 Å². The number of hydrogen-bond donors (Lipinski definition) is 0. The molecule has 0 N–H and O–H groups in total. The Bertz CT molecular complexity index is 3160. The first-order chi connectivity index (χ1) is 31.2. The van der Waals surface area contributed by atoms with E-state index in [4.69, 9.17) is 0 Å². The topological polar surface area (TPSA) is 3.24 Å². The van der Waals surface area contributed by atoms with E-state index in [1.807, 2.05) is 0 Å². The number of rotatable bonds is 7. The highest BCUT2D eigenvalue weighted by Gasteiger charge is 2.61. The van der Waals surface area contributed by atoms with Crippen LogP contribution >= 0.6 is 0 Å². The third-order valence-corrected chi connectivity index (χ3v) is 15.7. The zero-order chi connectivity index (χ0) is 41.5. The van der Waals surface area contributed by atoms with Crippen LogP contribution < -0.4 is 4.90 Å². The highest BCUT2D eigenvalue weighted by Crippen LogP contribution is 2.70. The quantitative estimate of drug-likeness (QED) is 0.155. The Morgan fingerprint density at radius 2 is 0.857 bits per heavy atom. The molecule has 0 aromatic heterocycles. The van der Waals surface area contributed by atoms with E-state index in [-0.39, 0.29) is 5.41 Å². The number of benzene rings is 9. The first-order valence-electron chi connectivity index (χ1n) is 23.2. The largest absolute Gasteiger partial charge is 0.309 e. The fraction of sp³-hybridized carbons (Fsp3) is 0.161. The molecule has 0 saturated heterocycles. The maximum atomic E-state index is 2.60. The van der Waals surface area contributed by atoms with Crippen molar-refractivity contribution in [1.82, 2.24) is 0 Å². The summed E-state index contributed by atoms with van der Waals surface area (Å²) in [6, 6.07) is 79.7. The summed E-state index contributed by atoms with van der Waals surface area (Å²) in [5.74, 6) is 3.19. The Kier molecular flexibility index (Phi) is 8.48. The van der Waals surface area contributed by atoms with Gasteiger partial charge >= 0.3 is 0 Å². The summed E-state index contributed by atoms with van der Waals surface area (Å²) in [6.45, 7) is 0. The van der Waals surface area contributed by atoms with Crippen molar-refractivity contribution >= 4 is 27.8 Å². The van der Waals surface area contributed by atoms with Crippen molar-refractivity contribution in [2.45, 2.75) is 37.5 Å². The third-order valence-electron chi connectivity index (χ3n) is 15.7. The SMILES string of the molecule is c1ccc(-c2ccccc2-c2ccccc2-c2ccccc2N(c2ccc(-c3ccc4ccccc4c3)cc2)c2cccc3c2-c2ccccc2C32C3CC4CC(C3)CC2C4)cc1. The van der Waals surface area contributed by atoms with E-state index in [0.717, 1.165) is 17.5 Å². The maximum absolute atomic E-state index is 2.60. The maximum Gasteiger partial charge on any atom is 0.0543 e. The molecule has 1 heteroatoms. The Labute approximate surface area is 371 Å². The molecule has 0 heterocycles. The van der Waals surface area contributed by atoms with E-state index in [2.05, 4.69) is 217 Å². The van der Waals surface area contributed by atoms with Gasteiger partial charge in [0.25, 0.3) is 0 Å². The molecule has 63 heavy (non-hydrogen) atoms. The van der Waals surface area contributed by atoms with Gasteiger partial charge in [-0.25, -0.2) is 0 Å². The fourth-order valence-electron chi connectivity index (χ4n) is 13.4. The zero-order valence-electron chi connectivity index (χ0n) is 35.5. The molecule has 5 aliphatic rings. The van der Waals surface area contributed by atoms with Crippen molar-refractivity contribution in [3.63, 3.8) is 0 Å². The van der Waals surface area contributed by atoms with Gasteiger partial charge < -0.3 is 4.90 Å². The van der Waals surface area contributed by atoms with Gasteiger partial charge in [0, 0.05) is 22.2 Å². The van der Waals surface area contributed by atoms with Gasteiger partial charge in [0.05, 0.1) is 11.4 Å². The number of nitrogens with zero attached hydrogens (tertiary/aromatic N) is 1. The first-order valence-corrected chi connectivity index (χ1v) is 23.2. The predicted octanol–water partition coefficient (Wildman–Crippen LogP) is 16.7. The Hall–Kier alpha value is -6.96. The van der Waals surface area contributed by atoms with Gasteiger partial charge in [-0.2, -0.15) is 0 Å². The second-order valence-corrected chi connectivity index (χ2v) is 18.8. The minimum Gasteiger partial charge on any atom is -0.309 e. The van der Waals surface area contributed by atoms with Crippen LogP contribution in [0.5, 0.6) is 0 Å². The van der Waals surface area contributed by atoms with Gasteiger partial charge in [0.2, 0.25) is 0 Å². The first kappa shape index (κ1) is 36.7. The lowest BCUT2D eigenvalue weighted by Gasteiger charge is -2.61. The normalized spacial score (nSPS) is 21.4. The van der Waals surface area contributed by atoms with Crippen molar-refractivity contribution in [2.24, 2.45) is 23.7 Å². The fourth-order valence-corrected chi connectivity index (χ4v) is 13.4. The van der Waals surface area contributed by atoms with E-state index in [9.17, 15) is 0 Å².